The molecule has 1 saturated heterocycles. The van der Waals surface area contributed by atoms with Crippen LogP contribution in [0.3, 0.4) is 0 Å². The Hall–Kier alpha value is -2.84. The molecule has 21 heavy (non-hydrogen) atoms. The summed E-state index contributed by atoms with van der Waals surface area (Å²) < 4.78 is 5.00. The Morgan fingerprint density at radius 1 is 1.24 bits per heavy atom. The molecule has 112 valence electrons. The van der Waals surface area contributed by atoms with Gasteiger partial charge in [0.05, 0.1) is 4.92 Å². The first kappa shape index (κ1) is 14.6. The van der Waals surface area contributed by atoms with Crippen LogP contribution >= 0.6 is 0 Å². The predicted octanol–water partition coefficient (Wildman–Crippen LogP) is 1.83. The summed E-state index contributed by atoms with van der Waals surface area (Å²) >= 11 is 0. The standard InChI is InChI=1S/C12H13N3O6/c16-11(17)13-6-1-7-14(13)12(18)21-8-9-2-4-10(5-3-9)15(19)20/h2-5H,1,6-8H2,(H,16,17). The minimum atomic E-state index is -1.21. The third-order valence-electron chi connectivity index (χ3n) is 2.97. The van der Waals surface area contributed by atoms with Gasteiger partial charge in [0.1, 0.15) is 6.61 Å². The fourth-order valence-electron chi connectivity index (χ4n) is 1.93. The highest BCUT2D eigenvalue weighted by Crippen LogP contribution is 2.15. The molecule has 0 aromatic heterocycles. The zero-order valence-corrected chi connectivity index (χ0v) is 11.0. The Labute approximate surface area is 119 Å². The molecule has 1 heterocycles. The van der Waals surface area contributed by atoms with Crippen molar-refractivity contribution in [3.05, 3.63) is 39.9 Å². The van der Waals surface area contributed by atoms with Gasteiger partial charge in [0.25, 0.3) is 5.69 Å². The average Bonchev–Trinajstić information content (AvgIpc) is 2.95. The van der Waals surface area contributed by atoms with Crippen LogP contribution in [-0.4, -0.2) is 45.3 Å². The number of ether oxygens (including phenoxy) is 1. The summed E-state index contributed by atoms with van der Waals surface area (Å²) in [6.07, 6.45) is -1.41. The van der Waals surface area contributed by atoms with E-state index in [0.717, 1.165) is 10.0 Å². The van der Waals surface area contributed by atoms with Gasteiger partial charge < -0.3 is 9.84 Å². The Morgan fingerprint density at radius 2 is 1.86 bits per heavy atom. The highest BCUT2D eigenvalue weighted by atomic mass is 16.6. The largest absolute Gasteiger partial charge is 0.464 e. The molecular formula is C12H13N3O6. The summed E-state index contributed by atoms with van der Waals surface area (Å²) in [5, 5.41) is 21.3. The quantitative estimate of drug-likeness (QED) is 0.672. The number of nitrogens with zero attached hydrogens (tertiary/aromatic N) is 3. The lowest BCUT2D eigenvalue weighted by atomic mass is 10.2. The monoisotopic (exact) mass is 295 g/mol. The number of amides is 2. The van der Waals surface area contributed by atoms with Gasteiger partial charge in [-0.15, -0.1) is 0 Å². The van der Waals surface area contributed by atoms with E-state index in [1.807, 2.05) is 0 Å². The fraction of sp³-hybridized carbons (Fsp3) is 0.333. The Bertz CT molecular complexity index is 559. The third kappa shape index (κ3) is 3.38. The molecule has 1 fully saturated rings. The van der Waals surface area contributed by atoms with E-state index in [-0.39, 0.29) is 25.4 Å². The van der Waals surface area contributed by atoms with Gasteiger partial charge in [-0.2, -0.15) is 0 Å². The summed E-state index contributed by atoms with van der Waals surface area (Å²) in [6.45, 7) is 0.453. The summed E-state index contributed by atoms with van der Waals surface area (Å²) in [5.41, 5.74) is 0.525. The lowest BCUT2D eigenvalue weighted by Crippen LogP contribution is -2.44. The molecular weight excluding hydrogens is 282 g/mol. The average molecular weight is 295 g/mol. The maximum absolute atomic E-state index is 11.8. The van der Waals surface area contributed by atoms with Crippen LogP contribution in [0.15, 0.2) is 24.3 Å². The molecule has 0 radical (unpaired) electrons. The van der Waals surface area contributed by atoms with Gasteiger partial charge in [0.2, 0.25) is 0 Å². The summed E-state index contributed by atoms with van der Waals surface area (Å²) in [5.74, 6) is 0. The van der Waals surface area contributed by atoms with Crippen molar-refractivity contribution in [2.45, 2.75) is 13.0 Å². The van der Waals surface area contributed by atoms with Crippen molar-refractivity contribution in [3.8, 4) is 0 Å². The smallest absolute Gasteiger partial charge is 0.429 e. The van der Waals surface area contributed by atoms with Crippen molar-refractivity contribution in [3.63, 3.8) is 0 Å². The molecule has 1 aromatic carbocycles. The van der Waals surface area contributed by atoms with Crippen molar-refractivity contribution in [1.29, 1.82) is 0 Å². The van der Waals surface area contributed by atoms with Crippen molar-refractivity contribution in [2.75, 3.05) is 13.1 Å². The Kier molecular flexibility index (Phi) is 4.21. The fourth-order valence-corrected chi connectivity index (χ4v) is 1.93. The van der Waals surface area contributed by atoms with E-state index >= 15 is 0 Å². The van der Waals surface area contributed by atoms with Gasteiger partial charge in [0.15, 0.2) is 0 Å². The van der Waals surface area contributed by atoms with E-state index in [1.54, 1.807) is 0 Å². The van der Waals surface area contributed by atoms with Gasteiger partial charge >= 0.3 is 12.2 Å². The number of carbonyl (C=O) groups is 2. The van der Waals surface area contributed by atoms with Crippen molar-refractivity contribution in [1.82, 2.24) is 10.0 Å². The van der Waals surface area contributed by atoms with Crippen molar-refractivity contribution < 1.29 is 24.4 Å². The molecule has 0 spiro atoms. The van der Waals surface area contributed by atoms with Crippen LogP contribution in [0, 0.1) is 10.1 Å². The highest BCUT2D eigenvalue weighted by Gasteiger charge is 2.31. The van der Waals surface area contributed by atoms with Crippen LogP contribution in [0.2, 0.25) is 0 Å². The number of carboxylic acid groups (broad SMARTS) is 1. The molecule has 0 atom stereocenters. The highest BCUT2D eigenvalue weighted by molar-refractivity contribution is 5.73. The molecule has 2 amide bonds. The number of hydrazine groups is 1. The van der Waals surface area contributed by atoms with Crippen LogP contribution in [0.5, 0.6) is 0 Å². The van der Waals surface area contributed by atoms with E-state index in [9.17, 15) is 19.7 Å². The van der Waals surface area contributed by atoms with Gasteiger partial charge in [-0.05, 0) is 24.1 Å². The van der Waals surface area contributed by atoms with E-state index in [0.29, 0.717) is 12.0 Å². The first-order valence-electron chi connectivity index (χ1n) is 6.17. The molecule has 1 aliphatic rings. The zero-order valence-electron chi connectivity index (χ0n) is 11.0. The number of carbonyl (C=O) groups excluding carboxylic acids is 1. The van der Waals surface area contributed by atoms with Crippen molar-refractivity contribution >= 4 is 17.9 Å². The number of benzene rings is 1. The molecule has 0 bridgehead atoms. The molecule has 0 saturated carbocycles. The van der Waals surface area contributed by atoms with Gasteiger partial charge in [0, 0.05) is 25.2 Å². The third-order valence-corrected chi connectivity index (χ3v) is 2.97. The second kappa shape index (κ2) is 6.07. The van der Waals surface area contributed by atoms with Gasteiger partial charge in [-0.1, -0.05) is 0 Å². The SMILES string of the molecule is O=C(O)N1CCCN1C(=O)OCc1ccc([N+](=O)[O-])cc1. The lowest BCUT2D eigenvalue weighted by molar-refractivity contribution is -0.384. The predicted molar refractivity (Wildman–Crippen MR) is 69.3 cm³/mol. The molecule has 1 N–H and O–H groups in total. The second-order valence-corrected chi connectivity index (χ2v) is 4.36. The van der Waals surface area contributed by atoms with Crippen LogP contribution in [0.1, 0.15) is 12.0 Å². The molecule has 2 rings (SSSR count). The van der Waals surface area contributed by atoms with Crippen LogP contribution in [0.25, 0.3) is 0 Å². The first-order chi connectivity index (χ1) is 9.99. The Balaban J connectivity index is 1.91. The van der Waals surface area contributed by atoms with Crippen LogP contribution in [-0.2, 0) is 11.3 Å². The molecule has 9 heteroatoms. The van der Waals surface area contributed by atoms with Gasteiger partial charge in [-0.3, -0.25) is 10.1 Å². The maximum atomic E-state index is 11.8. The Morgan fingerprint density at radius 3 is 2.43 bits per heavy atom. The van der Waals surface area contributed by atoms with Crippen molar-refractivity contribution in [2.24, 2.45) is 0 Å². The molecule has 1 aliphatic heterocycles. The number of hydrogen-bond acceptors (Lipinski definition) is 5. The first-order valence-corrected chi connectivity index (χ1v) is 6.17. The van der Waals surface area contributed by atoms with E-state index in [2.05, 4.69) is 0 Å². The molecule has 1 aromatic rings. The summed E-state index contributed by atoms with van der Waals surface area (Å²) in [6, 6.07) is 5.57. The van der Waals surface area contributed by atoms with Crippen LogP contribution < -0.4 is 0 Å². The van der Waals surface area contributed by atoms with Gasteiger partial charge in [-0.25, -0.2) is 19.6 Å². The van der Waals surface area contributed by atoms with E-state index in [1.165, 1.54) is 24.3 Å². The summed E-state index contributed by atoms with van der Waals surface area (Å²) in [4.78, 5) is 32.7. The number of hydrogen-bond donors (Lipinski definition) is 1. The van der Waals surface area contributed by atoms with E-state index < -0.39 is 17.1 Å². The van der Waals surface area contributed by atoms with Crippen LogP contribution in [0.4, 0.5) is 15.3 Å². The maximum Gasteiger partial charge on any atom is 0.429 e. The number of nitro groups is 1. The topological polar surface area (TPSA) is 113 Å². The van der Waals surface area contributed by atoms with E-state index in [4.69, 9.17) is 9.84 Å². The lowest BCUT2D eigenvalue weighted by Gasteiger charge is -2.24. The number of non-ortho nitro benzene ring substituents is 1. The minimum Gasteiger partial charge on any atom is -0.464 e. The number of rotatable bonds is 3. The second-order valence-electron chi connectivity index (χ2n) is 4.36. The number of nitro benzene ring substituents is 1. The molecule has 0 aliphatic carbocycles. The normalized spacial score (nSPS) is 14.1. The minimum absolute atomic E-state index is 0.0540. The zero-order chi connectivity index (χ0) is 15.4. The summed E-state index contributed by atoms with van der Waals surface area (Å²) in [7, 11) is 0. The molecule has 0 unspecified atom stereocenters. The molecule has 9 nitrogen and oxygen atoms in total.